The van der Waals surface area contributed by atoms with E-state index >= 15 is 0 Å². The first-order chi connectivity index (χ1) is 9.77. The van der Waals surface area contributed by atoms with E-state index < -0.39 is 0 Å². The van der Waals surface area contributed by atoms with Crippen LogP contribution in [0.25, 0.3) is 0 Å². The summed E-state index contributed by atoms with van der Waals surface area (Å²) in [6.07, 6.45) is 9.22. The number of nitrogens with zero attached hydrogens (tertiary/aromatic N) is 2. The number of ether oxygens (including phenoxy) is 1. The van der Waals surface area contributed by atoms with E-state index in [0.717, 1.165) is 31.0 Å². The van der Waals surface area contributed by atoms with Gasteiger partial charge in [0.1, 0.15) is 5.60 Å². The van der Waals surface area contributed by atoms with E-state index in [9.17, 15) is 0 Å². The van der Waals surface area contributed by atoms with Crippen molar-refractivity contribution in [2.75, 3.05) is 14.2 Å². The maximum Gasteiger partial charge on any atom is 0.227 e. The number of hydrogen-bond acceptors (Lipinski definition) is 5. The van der Waals surface area contributed by atoms with Gasteiger partial charge in [-0.25, -0.2) is 0 Å². The number of methoxy groups -OCH3 is 1. The second kappa shape index (κ2) is 5.82. The number of nitrogens with one attached hydrogen (secondary N) is 1. The molecular formula is C15H25N3O2. The minimum Gasteiger partial charge on any atom is -0.370 e. The van der Waals surface area contributed by atoms with Crippen molar-refractivity contribution in [3.05, 3.63) is 11.7 Å². The Morgan fingerprint density at radius 3 is 2.75 bits per heavy atom. The maximum atomic E-state index is 5.61. The topological polar surface area (TPSA) is 60.2 Å². The van der Waals surface area contributed by atoms with Crippen LogP contribution in [0.1, 0.15) is 56.7 Å². The molecule has 5 nitrogen and oxygen atoms in total. The van der Waals surface area contributed by atoms with Crippen LogP contribution in [-0.2, 0) is 16.8 Å². The molecule has 1 aromatic heterocycles. The minimum atomic E-state index is -0.267. The Hall–Kier alpha value is -0.940. The third-order valence-electron chi connectivity index (χ3n) is 5.14. The van der Waals surface area contributed by atoms with Crippen LogP contribution >= 0.6 is 0 Å². The van der Waals surface area contributed by atoms with Crippen LogP contribution in [0.4, 0.5) is 0 Å². The van der Waals surface area contributed by atoms with Crippen LogP contribution in [0, 0.1) is 5.92 Å². The van der Waals surface area contributed by atoms with Crippen molar-refractivity contribution in [2.24, 2.45) is 5.92 Å². The van der Waals surface area contributed by atoms with Crippen molar-refractivity contribution in [1.82, 2.24) is 15.5 Å². The summed E-state index contributed by atoms with van der Waals surface area (Å²) in [5.74, 6) is 2.13. The average Bonchev–Trinajstić information content (AvgIpc) is 2.88. The van der Waals surface area contributed by atoms with E-state index in [4.69, 9.17) is 9.26 Å². The highest BCUT2D eigenvalue weighted by molar-refractivity contribution is 5.07. The number of hydrogen-bond donors (Lipinski definition) is 1. The summed E-state index contributed by atoms with van der Waals surface area (Å²) in [5.41, 5.74) is -0.267. The maximum absolute atomic E-state index is 5.61. The van der Waals surface area contributed by atoms with Gasteiger partial charge in [0.15, 0.2) is 0 Å². The fraction of sp³-hybridized carbons (Fsp3) is 0.867. The van der Waals surface area contributed by atoms with Crippen molar-refractivity contribution in [3.63, 3.8) is 0 Å². The van der Waals surface area contributed by atoms with Crippen molar-refractivity contribution >= 4 is 0 Å². The van der Waals surface area contributed by atoms with Gasteiger partial charge in [-0.05, 0) is 45.1 Å². The molecule has 1 N–H and O–H groups in total. The molecule has 0 aromatic carbocycles. The van der Waals surface area contributed by atoms with Gasteiger partial charge in [-0.15, -0.1) is 0 Å². The average molecular weight is 279 g/mol. The molecule has 0 radical (unpaired) electrons. The van der Waals surface area contributed by atoms with Crippen LogP contribution in [-0.4, -0.2) is 30.3 Å². The van der Waals surface area contributed by atoms with E-state index in [1.54, 1.807) is 7.11 Å². The van der Waals surface area contributed by atoms with Crippen molar-refractivity contribution in [1.29, 1.82) is 0 Å². The first-order valence-corrected chi connectivity index (χ1v) is 7.83. The highest BCUT2D eigenvalue weighted by atomic mass is 16.5. The zero-order valence-corrected chi connectivity index (χ0v) is 12.5. The molecule has 2 fully saturated rings. The predicted octanol–water partition coefficient (Wildman–Crippen LogP) is 2.42. The van der Waals surface area contributed by atoms with Crippen LogP contribution in [0.2, 0.25) is 0 Å². The molecule has 3 rings (SSSR count). The van der Waals surface area contributed by atoms with Gasteiger partial charge < -0.3 is 14.6 Å². The third-order valence-corrected chi connectivity index (χ3v) is 5.14. The van der Waals surface area contributed by atoms with E-state index in [0.29, 0.717) is 12.0 Å². The summed E-state index contributed by atoms with van der Waals surface area (Å²) in [5, 5.41) is 7.60. The first kappa shape index (κ1) is 14.0. The summed E-state index contributed by atoms with van der Waals surface area (Å²) in [6.45, 7) is 0. The molecule has 0 spiro atoms. The Labute approximate surface area is 120 Å². The van der Waals surface area contributed by atoms with Crippen molar-refractivity contribution in [2.45, 2.75) is 63.0 Å². The molecule has 5 heteroatoms. The van der Waals surface area contributed by atoms with Gasteiger partial charge in [-0.1, -0.05) is 18.0 Å². The lowest BCUT2D eigenvalue weighted by Crippen LogP contribution is -2.38. The van der Waals surface area contributed by atoms with Gasteiger partial charge in [0.2, 0.25) is 11.7 Å². The van der Waals surface area contributed by atoms with Crippen molar-refractivity contribution < 1.29 is 9.26 Å². The lowest BCUT2D eigenvalue weighted by atomic mass is 9.79. The van der Waals surface area contributed by atoms with Crippen LogP contribution < -0.4 is 5.32 Å². The fourth-order valence-corrected chi connectivity index (χ4v) is 3.60. The van der Waals surface area contributed by atoms with Crippen LogP contribution in [0.15, 0.2) is 4.52 Å². The quantitative estimate of drug-likeness (QED) is 0.897. The molecule has 2 atom stereocenters. The predicted molar refractivity (Wildman–Crippen MR) is 75.3 cm³/mol. The Morgan fingerprint density at radius 2 is 2.10 bits per heavy atom. The Kier molecular flexibility index (Phi) is 4.08. The molecule has 1 heterocycles. The summed E-state index contributed by atoms with van der Waals surface area (Å²) in [7, 11) is 3.80. The third kappa shape index (κ3) is 2.49. The summed E-state index contributed by atoms with van der Waals surface area (Å²) in [4.78, 5) is 4.61. The molecule has 2 unspecified atom stereocenters. The zero-order chi connectivity index (χ0) is 14.0. The fourth-order valence-electron chi connectivity index (χ4n) is 3.60. The molecule has 2 aliphatic rings. The molecule has 20 heavy (non-hydrogen) atoms. The molecule has 1 aromatic rings. The van der Waals surface area contributed by atoms with Gasteiger partial charge in [-0.2, -0.15) is 4.98 Å². The van der Waals surface area contributed by atoms with Gasteiger partial charge in [-0.3, -0.25) is 0 Å². The van der Waals surface area contributed by atoms with E-state index in [1.165, 1.54) is 32.1 Å². The SMILES string of the molecule is CNC1CCCCC1Cc1nc(C2(OC)CCC2)no1. The molecule has 0 aliphatic heterocycles. The summed E-state index contributed by atoms with van der Waals surface area (Å²) >= 11 is 0. The number of rotatable bonds is 5. The normalized spacial score (nSPS) is 29.1. The van der Waals surface area contributed by atoms with Gasteiger partial charge in [0.25, 0.3) is 0 Å². The monoisotopic (exact) mass is 279 g/mol. The summed E-state index contributed by atoms with van der Waals surface area (Å²) in [6, 6.07) is 0.583. The second-order valence-electron chi connectivity index (χ2n) is 6.21. The molecule has 0 bridgehead atoms. The zero-order valence-electron chi connectivity index (χ0n) is 12.5. The van der Waals surface area contributed by atoms with Crippen LogP contribution in [0.3, 0.4) is 0 Å². The molecule has 2 aliphatic carbocycles. The number of aromatic nitrogens is 2. The Bertz CT molecular complexity index is 437. The second-order valence-corrected chi connectivity index (χ2v) is 6.21. The highest BCUT2D eigenvalue weighted by Crippen LogP contribution is 2.42. The smallest absolute Gasteiger partial charge is 0.227 e. The van der Waals surface area contributed by atoms with Crippen LogP contribution in [0.5, 0.6) is 0 Å². The first-order valence-electron chi connectivity index (χ1n) is 7.83. The van der Waals surface area contributed by atoms with Gasteiger partial charge in [0, 0.05) is 19.6 Å². The standard InChI is InChI=1S/C15H25N3O2/c1-16-12-7-4-3-6-11(12)10-13-17-14(18-20-13)15(19-2)8-5-9-15/h11-12,16H,3-10H2,1-2H3. The molecular weight excluding hydrogens is 254 g/mol. The molecule has 112 valence electrons. The minimum absolute atomic E-state index is 0.267. The lowest BCUT2D eigenvalue weighted by Gasteiger charge is -2.37. The largest absolute Gasteiger partial charge is 0.370 e. The van der Waals surface area contributed by atoms with E-state index in [1.807, 2.05) is 0 Å². The molecule has 2 saturated carbocycles. The molecule has 0 amide bonds. The van der Waals surface area contributed by atoms with Gasteiger partial charge >= 0.3 is 0 Å². The highest BCUT2D eigenvalue weighted by Gasteiger charge is 2.43. The Morgan fingerprint density at radius 1 is 1.30 bits per heavy atom. The molecule has 0 saturated heterocycles. The van der Waals surface area contributed by atoms with Gasteiger partial charge in [0.05, 0.1) is 0 Å². The van der Waals surface area contributed by atoms with E-state index in [2.05, 4.69) is 22.5 Å². The lowest BCUT2D eigenvalue weighted by molar-refractivity contribution is -0.0858. The Balaban J connectivity index is 1.67. The van der Waals surface area contributed by atoms with E-state index in [-0.39, 0.29) is 5.60 Å². The summed E-state index contributed by atoms with van der Waals surface area (Å²) < 4.78 is 11.1. The van der Waals surface area contributed by atoms with Crippen molar-refractivity contribution in [3.8, 4) is 0 Å².